The molecule has 0 bridgehead atoms. The molecule has 2 atom stereocenters. The number of hydrogen-bond donors (Lipinski definition) is 2. The molecule has 2 N–H and O–H groups in total. The molecule has 0 radical (unpaired) electrons. The lowest BCUT2D eigenvalue weighted by atomic mass is 10.0. The van der Waals surface area contributed by atoms with Crippen molar-refractivity contribution in [1.82, 2.24) is 9.97 Å². The molecule has 4 rings (SSSR count). The smallest absolute Gasteiger partial charge is 0.205 e. The number of aromatic amines is 1. The lowest BCUT2D eigenvalue weighted by molar-refractivity contribution is -0.174. The summed E-state index contributed by atoms with van der Waals surface area (Å²) in [5.74, 6) is 0.493. The molecule has 0 aliphatic carbocycles. The molecule has 2 heterocycles. The van der Waals surface area contributed by atoms with Gasteiger partial charge >= 0.3 is 0 Å². The third-order valence-electron chi connectivity index (χ3n) is 5.16. The van der Waals surface area contributed by atoms with Gasteiger partial charge in [-0.05, 0) is 49.2 Å². The highest BCUT2D eigenvalue weighted by atomic mass is 35.5. The first-order valence-electron chi connectivity index (χ1n) is 9.57. The molecule has 30 heavy (non-hydrogen) atoms. The molecule has 1 aliphatic heterocycles. The Morgan fingerprint density at radius 2 is 2.07 bits per heavy atom. The van der Waals surface area contributed by atoms with E-state index in [4.69, 9.17) is 37.4 Å². The van der Waals surface area contributed by atoms with Crippen molar-refractivity contribution in [3.05, 3.63) is 75.3 Å². The Balaban J connectivity index is 1.63. The molecule has 1 aromatic heterocycles. The van der Waals surface area contributed by atoms with Crippen LogP contribution in [0.15, 0.2) is 42.7 Å². The van der Waals surface area contributed by atoms with Crippen molar-refractivity contribution in [1.29, 1.82) is 0 Å². The number of nitrogens with zero attached hydrogens (tertiary/aromatic N) is 1. The van der Waals surface area contributed by atoms with Crippen LogP contribution in [-0.2, 0) is 21.7 Å². The van der Waals surface area contributed by atoms with Gasteiger partial charge in [-0.1, -0.05) is 29.3 Å². The number of imidazole rings is 1. The molecule has 1 saturated heterocycles. The molecular weight excluding hydrogens is 425 g/mol. The van der Waals surface area contributed by atoms with E-state index in [0.29, 0.717) is 28.6 Å². The molecule has 0 amide bonds. The number of aromatic nitrogens is 2. The summed E-state index contributed by atoms with van der Waals surface area (Å²) in [4.78, 5) is 7.44. The van der Waals surface area contributed by atoms with E-state index in [-0.39, 0.29) is 6.23 Å². The number of halogens is 2. The van der Waals surface area contributed by atoms with Crippen molar-refractivity contribution in [2.24, 2.45) is 0 Å². The zero-order chi connectivity index (χ0) is 21.3. The summed E-state index contributed by atoms with van der Waals surface area (Å²) in [6.07, 6.45) is 3.46. The molecule has 8 heteroatoms. The van der Waals surface area contributed by atoms with Crippen molar-refractivity contribution >= 4 is 28.9 Å². The Labute approximate surface area is 185 Å². The molecule has 2 unspecified atom stereocenters. The van der Waals surface area contributed by atoms with Crippen molar-refractivity contribution in [3.63, 3.8) is 0 Å². The van der Waals surface area contributed by atoms with Gasteiger partial charge in [0.1, 0.15) is 11.6 Å². The van der Waals surface area contributed by atoms with E-state index in [1.807, 2.05) is 32.0 Å². The zero-order valence-corrected chi connectivity index (χ0v) is 18.5. The first kappa shape index (κ1) is 21.0. The maximum Gasteiger partial charge on any atom is 0.205 e. The lowest BCUT2D eigenvalue weighted by Gasteiger charge is -2.29. The third-order valence-corrected chi connectivity index (χ3v) is 5.70. The number of ether oxygens (including phenoxy) is 3. The van der Waals surface area contributed by atoms with Crippen LogP contribution in [0.5, 0.6) is 5.75 Å². The van der Waals surface area contributed by atoms with Crippen LogP contribution in [0.4, 0.5) is 5.69 Å². The van der Waals surface area contributed by atoms with Gasteiger partial charge in [0.05, 0.1) is 25.2 Å². The van der Waals surface area contributed by atoms with Crippen LogP contribution in [0.1, 0.15) is 22.5 Å². The zero-order valence-electron chi connectivity index (χ0n) is 17.0. The summed E-state index contributed by atoms with van der Waals surface area (Å²) in [5, 5.41) is 4.46. The number of nitrogens with one attached hydrogen (secondary N) is 2. The van der Waals surface area contributed by atoms with Gasteiger partial charge in [0.15, 0.2) is 6.23 Å². The Morgan fingerprint density at radius 3 is 2.77 bits per heavy atom. The minimum atomic E-state index is -1.09. The number of H-pyrrole nitrogens is 1. The number of aryl methyl sites for hydroxylation is 2. The maximum atomic E-state index is 6.52. The van der Waals surface area contributed by atoms with Crippen molar-refractivity contribution < 1.29 is 14.2 Å². The van der Waals surface area contributed by atoms with Crippen LogP contribution in [0.2, 0.25) is 10.0 Å². The summed E-state index contributed by atoms with van der Waals surface area (Å²) in [5.41, 5.74) is 3.75. The molecule has 0 saturated carbocycles. The third kappa shape index (κ3) is 4.14. The monoisotopic (exact) mass is 447 g/mol. The van der Waals surface area contributed by atoms with Gasteiger partial charge < -0.3 is 24.5 Å². The lowest BCUT2D eigenvalue weighted by Crippen LogP contribution is -2.33. The molecule has 158 valence electrons. The van der Waals surface area contributed by atoms with Gasteiger partial charge in [-0.2, -0.15) is 0 Å². The molecular formula is C22H23Cl2N3O3. The molecule has 1 fully saturated rings. The van der Waals surface area contributed by atoms with Gasteiger partial charge in [-0.15, -0.1) is 0 Å². The number of anilines is 1. The topological polar surface area (TPSA) is 68.4 Å². The molecule has 6 nitrogen and oxygen atoms in total. The first-order chi connectivity index (χ1) is 14.4. The SMILES string of the molecule is COc1cc(C)c(NC2COC(Cc3ncc[nH]3)(c3ccc(Cl)cc3Cl)O2)cc1C. The van der Waals surface area contributed by atoms with E-state index >= 15 is 0 Å². The highest BCUT2D eigenvalue weighted by molar-refractivity contribution is 6.35. The second kappa shape index (κ2) is 8.47. The molecule has 0 spiro atoms. The van der Waals surface area contributed by atoms with E-state index in [2.05, 4.69) is 15.3 Å². The predicted octanol–water partition coefficient (Wildman–Crippen LogP) is 5.22. The minimum Gasteiger partial charge on any atom is -0.496 e. The second-order valence-electron chi connectivity index (χ2n) is 7.29. The fourth-order valence-corrected chi connectivity index (χ4v) is 4.21. The van der Waals surface area contributed by atoms with Crippen LogP contribution in [0, 0.1) is 13.8 Å². The van der Waals surface area contributed by atoms with Crippen molar-refractivity contribution in [3.8, 4) is 5.75 Å². The van der Waals surface area contributed by atoms with Crippen LogP contribution < -0.4 is 10.1 Å². The van der Waals surface area contributed by atoms with Gasteiger partial charge in [0.25, 0.3) is 0 Å². The van der Waals surface area contributed by atoms with Gasteiger partial charge in [0.2, 0.25) is 5.79 Å². The number of methoxy groups -OCH3 is 1. The average Bonchev–Trinajstić information content (AvgIpc) is 3.35. The standard InChI is InChI=1S/C22H23Cl2N3O3/c1-13-9-19(28-3)14(2)8-18(13)27-21-12-29-22(30-21,11-20-25-6-7-26-20)16-5-4-15(23)10-17(16)24/h4-10,21,27H,11-12H2,1-3H3,(H,25,26). The quantitative estimate of drug-likeness (QED) is 0.541. The highest BCUT2D eigenvalue weighted by Crippen LogP contribution is 2.41. The van der Waals surface area contributed by atoms with Crippen LogP contribution in [-0.4, -0.2) is 29.9 Å². The van der Waals surface area contributed by atoms with E-state index in [1.165, 1.54) is 0 Å². The summed E-state index contributed by atoms with van der Waals surface area (Å²) in [6, 6.07) is 9.33. The summed E-state index contributed by atoms with van der Waals surface area (Å²) >= 11 is 12.6. The van der Waals surface area contributed by atoms with Crippen molar-refractivity contribution in [2.75, 3.05) is 19.0 Å². The van der Waals surface area contributed by atoms with Crippen LogP contribution in [0.3, 0.4) is 0 Å². The van der Waals surface area contributed by atoms with Gasteiger partial charge in [-0.3, -0.25) is 0 Å². The summed E-state index contributed by atoms with van der Waals surface area (Å²) < 4.78 is 18.1. The van der Waals surface area contributed by atoms with E-state index < -0.39 is 5.79 Å². The van der Waals surface area contributed by atoms with Crippen molar-refractivity contribution in [2.45, 2.75) is 32.3 Å². The normalized spacial score (nSPS) is 21.0. The second-order valence-corrected chi connectivity index (χ2v) is 8.13. The number of hydrogen-bond acceptors (Lipinski definition) is 5. The van der Waals surface area contributed by atoms with Crippen LogP contribution >= 0.6 is 23.2 Å². The number of benzene rings is 2. The summed E-state index contributed by atoms with van der Waals surface area (Å²) in [6.45, 7) is 4.36. The highest BCUT2D eigenvalue weighted by Gasteiger charge is 2.45. The van der Waals surface area contributed by atoms with E-state index in [1.54, 1.807) is 31.6 Å². The Morgan fingerprint density at radius 1 is 1.23 bits per heavy atom. The largest absolute Gasteiger partial charge is 0.496 e. The number of rotatable bonds is 6. The first-order valence-corrected chi connectivity index (χ1v) is 10.3. The molecule has 2 aromatic carbocycles. The van der Waals surface area contributed by atoms with E-state index in [0.717, 1.165) is 28.4 Å². The minimum absolute atomic E-state index is 0.337. The Bertz CT molecular complexity index is 1040. The fraction of sp³-hybridized carbons (Fsp3) is 0.318. The Kier molecular flexibility index (Phi) is 5.93. The summed E-state index contributed by atoms with van der Waals surface area (Å²) in [7, 11) is 1.67. The van der Waals surface area contributed by atoms with Gasteiger partial charge in [0, 0.05) is 28.7 Å². The molecule has 1 aliphatic rings. The fourth-order valence-electron chi connectivity index (χ4n) is 3.66. The average molecular weight is 448 g/mol. The maximum absolute atomic E-state index is 6.52. The molecule has 3 aromatic rings. The van der Waals surface area contributed by atoms with E-state index in [9.17, 15) is 0 Å². The van der Waals surface area contributed by atoms with Crippen LogP contribution in [0.25, 0.3) is 0 Å². The predicted molar refractivity (Wildman–Crippen MR) is 117 cm³/mol. The van der Waals surface area contributed by atoms with Gasteiger partial charge in [-0.25, -0.2) is 4.98 Å². The Hall–Kier alpha value is -2.25.